The number of benzene rings is 2. The maximum atomic E-state index is 14.0. The lowest BCUT2D eigenvalue weighted by Crippen LogP contribution is -2.28. The van der Waals surface area contributed by atoms with E-state index in [1.54, 1.807) is 31.4 Å². The summed E-state index contributed by atoms with van der Waals surface area (Å²) in [7, 11) is 3.04. The number of halogens is 1. The van der Waals surface area contributed by atoms with Crippen LogP contribution >= 0.6 is 0 Å². The molecule has 0 aliphatic heterocycles. The molecule has 0 amide bonds. The Kier molecular flexibility index (Phi) is 4.07. The molecule has 2 aromatic rings. The van der Waals surface area contributed by atoms with Gasteiger partial charge >= 0.3 is 0 Å². The van der Waals surface area contributed by atoms with Crippen LogP contribution in [0.25, 0.3) is 0 Å². The summed E-state index contributed by atoms with van der Waals surface area (Å²) >= 11 is 0. The number of carbonyl (C=O) groups is 1. The van der Waals surface area contributed by atoms with Crippen molar-refractivity contribution < 1.29 is 18.7 Å². The van der Waals surface area contributed by atoms with E-state index in [4.69, 9.17) is 9.47 Å². The van der Waals surface area contributed by atoms with Crippen molar-refractivity contribution >= 4 is 5.78 Å². The summed E-state index contributed by atoms with van der Waals surface area (Å²) in [6.07, 6.45) is 0.761. The Bertz CT molecular complexity index is 754. The first-order chi connectivity index (χ1) is 11.0. The number of hydrogen-bond donors (Lipinski definition) is 0. The molecule has 4 heteroatoms. The van der Waals surface area contributed by atoms with Crippen LogP contribution in [0.2, 0.25) is 0 Å². The largest absolute Gasteiger partial charge is 0.497 e. The Hall–Kier alpha value is -2.36. The molecule has 0 spiro atoms. The maximum Gasteiger partial charge on any atom is 0.170 e. The van der Waals surface area contributed by atoms with Crippen LogP contribution in [0, 0.1) is 11.7 Å². The van der Waals surface area contributed by atoms with Crippen molar-refractivity contribution in [3.05, 3.63) is 58.9 Å². The summed E-state index contributed by atoms with van der Waals surface area (Å²) in [6.45, 7) is 2.02. The van der Waals surface area contributed by atoms with E-state index in [0.717, 1.165) is 17.7 Å². The molecular formula is C19H19FO3. The SMILES string of the molecule is COc1ccc2c(c1)CC(C)C(c1ccc(OC)c(F)c1)C2=O. The third kappa shape index (κ3) is 2.69. The summed E-state index contributed by atoms with van der Waals surface area (Å²) in [5, 5.41) is 0. The number of methoxy groups -OCH3 is 2. The Labute approximate surface area is 135 Å². The fourth-order valence-electron chi connectivity index (χ4n) is 3.35. The van der Waals surface area contributed by atoms with E-state index in [0.29, 0.717) is 11.1 Å². The monoisotopic (exact) mass is 314 g/mol. The second-order valence-electron chi connectivity index (χ2n) is 5.94. The third-order valence-electron chi connectivity index (χ3n) is 4.51. The first-order valence-electron chi connectivity index (χ1n) is 7.59. The molecule has 0 saturated heterocycles. The molecular weight excluding hydrogens is 295 g/mol. The fourth-order valence-corrected chi connectivity index (χ4v) is 3.35. The molecule has 23 heavy (non-hydrogen) atoms. The summed E-state index contributed by atoms with van der Waals surface area (Å²) in [5.41, 5.74) is 2.39. The molecule has 0 fully saturated rings. The van der Waals surface area contributed by atoms with Gasteiger partial charge in [0, 0.05) is 5.56 Å². The smallest absolute Gasteiger partial charge is 0.170 e. The van der Waals surface area contributed by atoms with Crippen LogP contribution in [0.1, 0.15) is 34.3 Å². The molecule has 1 aliphatic carbocycles. The highest BCUT2D eigenvalue weighted by Gasteiger charge is 2.34. The average molecular weight is 314 g/mol. The second kappa shape index (κ2) is 6.03. The Morgan fingerprint density at radius 3 is 2.52 bits per heavy atom. The number of hydrogen-bond acceptors (Lipinski definition) is 3. The molecule has 1 aliphatic rings. The van der Waals surface area contributed by atoms with Gasteiger partial charge in [0.2, 0.25) is 0 Å². The molecule has 2 atom stereocenters. The van der Waals surface area contributed by atoms with E-state index >= 15 is 0 Å². The van der Waals surface area contributed by atoms with Gasteiger partial charge in [-0.15, -0.1) is 0 Å². The number of rotatable bonds is 3. The van der Waals surface area contributed by atoms with Crippen molar-refractivity contribution in [3.8, 4) is 11.5 Å². The number of fused-ring (bicyclic) bond motifs is 1. The minimum atomic E-state index is -0.439. The van der Waals surface area contributed by atoms with Crippen LogP contribution in [0.15, 0.2) is 36.4 Å². The van der Waals surface area contributed by atoms with E-state index in [2.05, 4.69) is 0 Å². The summed E-state index contributed by atoms with van der Waals surface area (Å²) in [5.74, 6) is 0.287. The van der Waals surface area contributed by atoms with Crippen LogP contribution in [0.4, 0.5) is 4.39 Å². The lowest BCUT2D eigenvalue weighted by Gasteiger charge is -2.30. The van der Waals surface area contributed by atoms with E-state index in [1.165, 1.54) is 13.2 Å². The molecule has 0 saturated carbocycles. The third-order valence-corrected chi connectivity index (χ3v) is 4.51. The minimum absolute atomic E-state index is 0.0333. The van der Waals surface area contributed by atoms with Gasteiger partial charge in [-0.3, -0.25) is 4.79 Å². The van der Waals surface area contributed by atoms with E-state index in [-0.39, 0.29) is 23.4 Å². The van der Waals surface area contributed by atoms with Crippen LogP contribution in [-0.2, 0) is 6.42 Å². The first-order valence-corrected chi connectivity index (χ1v) is 7.59. The van der Waals surface area contributed by atoms with E-state index in [1.807, 2.05) is 13.0 Å². The van der Waals surface area contributed by atoms with E-state index < -0.39 is 5.82 Å². The molecule has 0 aromatic heterocycles. The normalized spacial score (nSPS) is 20.1. The molecule has 2 aromatic carbocycles. The van der Waals surface area contributed by atoms with Crippen molar-refractivity contribution in [1.29, 1.82) is 0 Å². The van der Waals surface area contributed by atoms with Gasteiger partial charge in [-0.25, -0.2) is 4.39 Å². The van der Waals surface area contributed by atoms with Gasteiger partial charge in [-0.2, -0.15) is 0 Å². The number of Topliss-reactive ketones (excluding diaryl/α,β-unsaturated/α-hetero) is 1. The fraction of sp³-hybridized carbons (Fsp3) is 0.316. The van der Waals surface area contributed by atoms with Crippen molar-refractivity contribution in [2.75, 3.05) is 14.2 Å². The number of ether oxygens (including phenoxy) is 2. The van der Waals surface area contributed by atoms with Gasteiger partial charge in [-0.1, -0.05) is 13.0 Å². The highest BCUT2D eigenvalue weighted by molar-refractivity contribution is 6.03. The van der Waals surface area contributed by atoms with Gasteiger partial charge in [0.15, 0.2) is 17.3 Å². The summed E-state index contributed by atoms with van der Waals surface area (Å²) in [6, 6.07) is 10.3. The van der Waals surface area contributed by atoms with Crippen molar-refractivity contribution in [1.82, 2.24) is 0 Å². The predicted octanol–water partition coefficient (Wildman–Crippen LogP) is 4.00. The van der Waals surface area contributed by atoms with Crippen LogP contribution in [-0.4, -0.2) is 20.0 Å². The van der Waals surface area contributed by atoms with Gasteiger partial charge in [0.05, 0.1) is 20.1 Å². The maximum absolute atomic E-state index is 14.0. The van der Waals surface area contributed by atoms with Crippen LogP contribution < -0.4 is 9.47 Å². The van der Waals surface area contributed by atoms with Gasteiger partial charge in [0.1, 0.15) is 5.75 Å². The highest BCUT2D eigenvalue weighted by atomic mass is 19.1. The zero-order valence-corrected chi connectivity index (χ0v) is 13.4. The molecule has 3 nitrogen and oxygen atoms in total. The second-order valence-corrected chi connectivity index (χ2v) is 5.94. The predicted molar refractivity (Wildman–Crippen MR) is 85.9 cm³/mol. The van der Waals surface area contributed by atoms with E-state index in [9.17, 15) is 9.18 Å². The highest BCUT2D eigenvalue weighted by Crippen LogP contribution is 2.39. The quantitative estimate of drug-likeness (QED) is 0.859. The Balaban J connectivity index is 2.01. The average Bonchev–Trinajstić information content (AvgIpc) is 2.54. The molecule has 0 radical (unpaired) electrons. The van der Waals surface area contributed by atoms with Gasteiger partial charge < -0.3 is 9.47 Å². The molecule has 2 unspecified atom stereocenters. The topological polar surface area (TPSA) is 35.5 Å². The standard InChI is InChI=1S/C19H19FO3/c1-11-8-13-9-14(22-2)5-6-15(13)19(21)18(11)12-4-7-17(23-3)16(20)10-12/h4-7,9-11,18H,8H2,1-3H3. The number of carbonyl (C=O) groups excluding carboxylic acids is 1. The van der Waals surface area contributed by atoms with Gasteiger partial charge in [0.25, 0.3) is 0 Å². The van der Waals surface area contributed by atoms with Crippen molar-refractivity contribution in [2.45, 2.75) is 19.3 Å². The summed E-state index contributed by atoms with van der Waals surface area (Å²) < 4.78 is 24.2. The molecule has 3 rings (SSSR count). The van der Waals surface area contributed by atoms with Crippen LogP contribution in [0.5, 0.6) is 11.5 Å². The molecule has 120 valence electrons. The minimum Gasteiger partial charge on any atom is -0.497 e. The van der Waals surface area contributed by atoms with Crippen molar-refractivity contribution in [3.63, 3.8) is 0 Å². The number of ketones is 1. The molecule has 0 N–H and O–H groups in total. The lowest BCUT2D eigenvalue weighted by atomic mass is 9.72. The molecule has 0 heterocycles. The zero-order valence-electron chi connectivity index (χ0n) is 13.4. The molecule has 0 bridgehead atoms. The van der Waals surface area contributed by atoms with Crippen molar-refractivity contribution in [2.24, 2.45) is 5.92 Å². The van der Waals surface area contributed by atoms with Crippen LogP contribution in [0.3, 0.4) is 0 Å². The lowest BCUT2D eigenvalue weighted by molar-refractivity contribution is 0.0919. The summed E-state index contributed by atoms with van der Waals surface area (Å²) in [4.78, 5) is 12.9. The zero-order chi connectivity index (χ0) is 16.6. The first kappa shape index (κ1) is 15.5. The Morgan fingerprint density at radius 1 is 1.09 bits per heavy atom. The Morgan fingerprint density at radius 2 is 1.87 bits per heavy atom. The van der Waals surface area contributed by atoms with Gasteiger partial charge in [-0.05, 0) is 53.8 Å².